The summed E-state index contributed by atoms with van der Waals surface area (Å²) in [7, 11) is 1.43. The van der Waals surface area contributed by atoms with Gasteiger partial charge in [0.15, 0.2) is 0 Å². The van der Waals surface area contributed by atoms with Crippen LogP contribution in [0.5, 0.6) is 0 Å². The molecule has 0 rings (SSSR count). The second-order valence-corrected chi connectivity index (χ2v) is 3.05. The molecule has 0 bridgehead atoms. The van der Waals surface area contributed by atoms with Crippen molar-refractivity contribution in [1.29, 1.82) is 0 Å². The number of halogens is 3. The minimum Gasteiger partial charge on any atom is -0.329 e. The zero-order valence-electron chi connectivity index (χ0n) is 7.52. The first-order valence-corrected chi connectivity index (χ1v) is 3.79. The largest absolute Gasteiger partial charge is 0.405 e. The first-order chi connectivity index (χ1) is 5.30. The molecule has 0 amide bonds. The summed E-state index contributed by atoms with van der Waals surface area (Å²) >= 11 is 0. The summed E-state index contributed by atoms with van der Waals surface area (Å²) in [6.45, 7) is 3.01. The van der Waals surface area contributed by atoms with Crippen molar-refractivity contribution >= 4 is 0 Å². The molecule has 0 saturated heterocycles. The molecule has 0 spiro atoms. The molecule has 5 heteroatoms. The fourth-order valence-corrected chi connectivity index (χ4v) is 0.891. The highest BCUT2D eigenvalue weighted by Gasteiger charge is 2.41. The SMILES string of the molecule is CC(C)N(C)C(CN)C(F)(F)F. The van der Waals surface area contributed by atoms with Gasteiger partial charge in [-0.2, -0.15) is 13.2 Å². The van der Waals surface area contributed by atoms with Gasteiger partial charge in [0, 0.05) is 12.6 Å². The van der Waals surface area contributed by atoms with Crippen LogP contribution in [-0.2, 0) is 0 Å². The molecule has 0 aliphatic heterocycles. The summed E-state index contributed by atoms with van der Waals surface area (Å²) in [5, 5.41) is 0. The Hall–Kier alpha value is -0.290. The van der Waals surface area contributed by atoms with E-state index in [1.807, 2.05) is 0 Å². The van der Waals surface area contributed by atoms with E-state index in [1.165, 1.54) is 11.9 Å². The fourth-order valence-electron chi connectivity index (χ4n) is 0.891. The second-order valence-electron chi connectivity index (χ2n) is 3.05. The highest BCUT2D eigenvalue weighted by atomic mass is 19.4. The number of nitrogens with zero attached hydrogens (tertiary/aromatic N) is 1. The predicted octanol–water partition coefficient (Wildman–Crippen LogP) is 1.22. The van der Waals surface area contributed by atoms with Gasteiger partial charge in [0.25, 0.3) is 0 Å². The average Bonchev–Trinajstić information content (AvgIpc) is 1.85. The van der Waals surface area contributed by atoms with Crippen LogP contribution in [0.4, 0.5) is 13.2 Å². The van der Waals surface area contributed by atoms with Crippen LogP contribution in [0.3, 0.4) is 0 Å². The van der Waals surface area contributed by atoms with E-state index in [0.717, 1.165) is 0 Å². The lowest BCUT2D eigenvalue weighted by Crippen LogP contribution is -2.50. The van der Waals surface area contributed by atoms with E-state index < -0.39 is 18.8 Å². The monoisotopic (exact) mass is 184 g/mol. The molecule has 74 valence electrons. The van der Waals surface area contributed by atoms with E-state index in [2.05, 4.69) is 0 Å². The van der Waals surface area contributed by atoms with E-state index in [1.54, 1.807) is 13.8 Å². The predicted molar refractivity (Wildman–Crippen MR) is 41.8 cm³/mol. The Labute approximate surface area is 70.5 Å². The first kappa shape index (κ1) is 11.7. The molecule has 0 saturated carbocycles. The lowest BCUT2D eigenvalue weighted by atomic mass is 10.2. The van der Waals surface area contributed by atoms with Crippen molar-refractivity contribution in [3.8, 4) is 0 Å². The van der Waals surface area contributed by atoms with Crippen molar-refractivity contribution in [1.82, 2.24) is 4.90 Å². The van der Waals surface area contributed by atoms with Crippen LogP contribution in [0, 0.1) is 0 Å². The van der Waals surface area contributed by atoms with Crippen molar-refractivity contribution in [2.45, 2.75) is 32.1 Å². The maximum Gasteiger partial charge on any atom is 0.405 e. The number of hydrogen-bond acceptors (Lipinski definition) is 2. The van der Waals surface area contributed by atoms with Gasteiger partial charge in [-0.1, -0.05) is 0 Å². The van der Waals surface area contributed by atoms with Gasteiger partial charge in [-0.15, -0.1) is 0 Å². The lowest BCUT2D eigenvalue weighted by molar-refractivity contribution is -0.181. The molecule has 1 atom stereocenters. The smallest absolute Gasteiger partial charge is 0.329 e. The molecule has 1 unspecified atom stereocenters. The molecule has 0 aliphatic carbocycles. The molecule has 0 aromatic heterocycles. The van der Waals surface area contributed by atoms with Gasteiger partial charge in [0.05, 0.1) is 0 Å². The third-order valence-corrected chi connectivity index (χ3v) is 1.91. The molecular formula is C7H15F3N2. The number of nitrogens with two attached hydrogens (primary N) is 1. The third kappa shape index (κ3) is 2.98. The van der Waals surface area contributed by atoms with Crippen molar-refractivity contribution in [2.24, 2.45) is 5.73 Å². The van der Waals surface area contributed by atoms with Crippen LogP contribution >= 0.6 is 0 Å². The van der Waals surface area contributed by atoms with Crippen LogP contribution in [0.2, 0.25) is 0 Å². The van der Waals surface area contributed by atoms with Crippen LogP contribution in [0.1, 0.15) is 13.8 Å². The zero-order valence-corrected chi connectivity index (χ0v) is 7.52. The third-order valence-electron chi connectivity index (χ3n) is 1.91. The molecule has 0 aliphatic rings. The summed E-state index contributed by atoms with van der Waals surface area (Å²) in [6.07, 6.45) is -4.23. The van der Waals surface area contributed by atoms with E-state index >= 15 is 0 Å². The summed E-state index contributed by atoms with van der Waals surface area (Å²) in [5.41, 5.74) is 5.04. The van der Waals surface area contributed by atoms with Crippen LogP contribution in [-0.4, -0.2) is 36.8 Å². The normalized spacial score (nSPS) is 15.8. The van der Waals surface area contributed by atoms with Gasteiger partial charge >= 0.3 is 6.18 Å². The summed E-state index contributed by atoms with van der Waals surface area (Å²) in [4.78, 5) is 1.22. The minimum absolute atomic E-state index is 0.153. The summed E-state index contributed by atoms with van der Waals surface area (Å²) < 4.78 is 36.6. The number of alkyl halides is 3. The Morgan fingerprint density at radius 1 is 1.33 bits per heavy atom. The molecule has 2 N–H and O–H groups in total. The van der Waals surface area contributed by atoms with E-state index in [9.17, 15) is 13.2 Å². The lowest BCUT2D eigenvalue weighted by Gasteiger charge is -2.31. The minimum atomic E-state index is -4.23. The van der Waals surface area contributed by atoms with Crippen molar-refractivity contribution in [2.75, 3.05) is 13.6 Å². The highest BCUT2D eigenvalue weighted by molar-refractivity contribution is 4.79. The van der Waals surface area contributed by atoms with E-state index in [4.69, 9.17) is 5.73 Å². The standard InChI is InChI=1S/C7H15F3N2/c1-5(2)12(3)6(4-11)7(8,9)10/h5-6H,4,11H2,1-3H3. The Balaban J connectivity index is 4.35. The molecule has 0 aromatic rings. The highest BCUT2D eigenvalue weighted by Crippen LogP contribution is 2.24. The number of rotatable bonds is 3. The molecule has 0 radical (unpaired) electrons. The van der Waals surface area contributed by atoms with Crippen molar-refractivity contribution in [3.05, 3.63) is 0 Å². The van der Waals surface area contributed by atoms with E-state index in [-0.39, 0.29) is 6.04 Å². The molecule has 12 heavy (non-hydrogen) atoms. The molecule has 2 nitrogen and oxygen atoms in total. The van der Waals surface area contributed by atoms with Gasteiger partial charge in [-0.25, -0.2) is 0 Å². The molecule has 0 heterocycles. The van der Waals surface area contributed by atoms with Gasteiger partial charge in [-0.05, 0) is 20.9 Å². The van der Waals surface area contributed by atoms with Gasteiger partial charge in [0.1, 0.15) is 6.04 Å². The zero-order chi connectivity index (χ0) is 9.94. The topological polar surface area (TPSA) is 29.3 Å². The fraction of sp³-hybridized carbons (Fsp3) is 1.00. The summed E-state index contributed by atoms with van der Waals surface area (Å²) in [6, 6.07) is -1.68. The first-order valence-electron chi connectivity index (χ1n) is 3.79. The van der Waals surface area contributed by atoms with Crippen LogP contribution < -0.4 is 5.73 Å². The Bertz CT molecular complexity index is 133. The Kier molecular flexibility index (Phi) is 3.99. The maximum atomic E-state index is 12.2. The van der Waals surface area contributed by atoms with Crippen LogP contribution in [0.25, 0.3) is 0 Å². The quantitative estimate of drug-likeness (QED) is 0.714. The van der Waals surface area contributed by atoms with Gasteiger partial charge < -0.3 is 5.73 Å². The Morgan fingerprint density at radius 2 is 1.75 bits per heavy atom. The maximum absolute atomic E-state index is 12.2. The average molecular weight is 184 g/mol. The van der Waals surface area contributed by atoms with Gasteiger partial charge in [0.2, 0.25) is 0 Å². The molecule has 0 fully saturated rings. The van der Waals surface area contributed by atoms with Crippen molar-refractivity contribution in [3.63, 3.8) is 0 Å². The number of hydrogen-bond donors (Lipinski definition) is 1. The molecular weight excluding hydrogens is 169 g/mol. The molecule has 0 aromatic carbocycles. The van der Waals surface area contributed by atoms with Crippen molar-refractivity contribution < 1.29 is 13.2 Å². The second kappa shape index (κ2) is 4.09. The van der Waals surface area contributed by atoms with Gasteiger partial charge in [-0.3, -0.25) is 4.90 Å². The summed E-state index contributed by atoms with van der Waals surface area (Å²) in [5.74, 6) is 0. The van der Waals surface area contributed by atoms with E-state index in [0.29, 0.717) is 0 Å². The van der Waals surface area contributed by atoms with Crippen LogP contribution in [0.15, 0.2) is 0 Å². The number of likely N-dealkylation sites (N-methyl/N-ethyl adjacent to an activating group) is 1. The Morgan fingerprint density at radius 3 is 1.83 bits per heavy atom.